The molecule has 0 saturated carbocycles. The van der Waals surface area contributed by atoms with Crippen LogP contribution in [0.5, 0.6) is 0 Å². The molecule has 2 aliphatic heterocycles. The zero-order valence-corrected chi connectivity index (χ0v) is 33.8. The first-order chi connectivity index (χ1) is 26.1. The highest BCUT2D eigenvalue weighted by molar-refractivity contribution is 5.91. The maximum Gasteiger partial charge on any atom is 0.308 e. The van der Waals surface area contributed by atoms with Gasteiger partial charge >= 0.3 is 17.9 Å². The number of allylic oxidation sites excluding steroid dienone is 3. The first-order valence-electron chi connectivity index (χ1n) is 19.2. The summed E-state index contributed by atoms with van der Waals surface area (Å²) in [6, 6.07) is 9.01. The number of esters is 3. The molecule has 2 heterocycles. The maximum atomic E-state index is 13.6. The first kappa shape index (κ1) is 45.6. The summed E-state index contributed by atoms with van der Waals surface area (Å²) in [5.74, 6) is -4.33. The van der Waals surface area contributed by atoms with Gasteiger partial charge in [-0.2, -0.15) is 0 Å². The average Bonchev–Trinajstić information content (AvgIpc) is 3.12. The minimum Gasteiger partial charge on any atom is -0.462 e. The van der Waals surface area contributed by atoms with Gasteiger partial charge in [-0.1, -0.05) is 68.8 Å². The van der Waals surface area contributed by atoms with Crippen LogP contribution in [0.3, 0.4) is 0 Å². The normalized spacial score (nSPS) is 34.2. The molecule has 0 amide bonds. The molecule has 1 aromatic rings. The minimum absolute atomic E-state index is 0.0390. The van der Waals surface area contributed by atoms with Crippen molar-refractivity contribution in [3.8, 4) is 0 Å². The van der Waals surface area contributed by atoms with Crippen molar-refractivity contribution >= 4 is 30.0 Å². The van der Waals surface area contributed by atoms with E-state index in [0.29, 0.717) is 13.0 Å². The van der Waals surface area contributed by atoms with Gasteiger partial charge in [0.25, 0.3) is 0 Å². The Morgan fingerprint density at radius 2 is 1.64 bits per heavy atom. The van der Waals surface area contributed by atoms with E-state index in [0.717, 1.165) is 17.4 Å². The third kappa shape index (κ3) is 13.7. The van der Waals surface area contributed by atoms with Crippen molar-refractivity contribution in [2.24, 2.45) is 23.7 Å². The first-order valence-corrected chi connectivity index (χ1v) is 19.2. The molecule has 306 valence electrons. The maximum absolute atomic E-state index is 13.6. The number of cyclic esters (lactones) is 1. The number of hydrogen-bond donors (Lipinski definition) is 1. The Hall–Kier alpha value is -3.75. The summed E-state index contributed by atoms with van der Waals surface area (Å²) >= 11 is 0. The van der Waals surface area contributed by atoms with Crippen LogP contribution in [0.4, 0.5) is 0 Å². The Kier molecular flexibility index (Phi) is 18.3. The van der Waals surface area contributed by atoms with Gasteiger partial charge in [-0.25, -0.2) is 0 Å². The van der Waals surface area contributed by atoms with Crippen molar-refractivity contribution in [1.29, 1.82) is 0 Å². The molecule has 13 nitrogen and oxygen atoms in total. The number of carbonyl (C=O) groups is 5. The van der Waals surface area contributed by atoms with Crippen LogP contribution < -0.4 is 0 Å². The smallest absolute Gasteiger partial charge is 0.308 e. The second-order valence-electron chi connectivity index (χ2n) is 15.1. The number of carbonyl (C=O) groups excluding carboxylic acids is 5. The molecule has 1 fully saturated rings. The van der Waals surface area contributed by atoms with Gasteiger partial charge in [0.1, 0.15) is 18.5 Å². The van der Waals surface area contributed by atoms with Gasteiger partial charge in [0, 0.05) is 38.0 Å². The number of ketones is 1. The molecule has 3 rings (SSSR count). The largest absolute Gasteiger partial charge is 0.462 e. The monoisotopic (exact) mass is 771 g/mol. The zero-order chi connectivity index (χ0) is 40.8. The second kappa shape index (κ2) is 22.1. The molecule has 0 aromatic heterocycles. The van der Waals surface area contributed by atoms with E-state index in [4.69, 9.17) is 28.4 Å². The fourth-order valence-electron chi connectivity index (χ4n) is 7.43. The number of nitrogens with zero attached hydrogens (tertiary/aromatic N) is 1. The number of ether oxygens (including phenoxy) is 6. The van der Waals surface area contributed by atoms with Crippen LogP contribution in [0, 0.1) is 23.7 Å². The molecule has 1 saturated heterocycles. The van der Waals surface area contributed by atoms with Gasteiger partial charge in [0.2, 0.25) is 0 Å². The summed E-state index contributed by atoms with van der Waals surface area (Å²) in [4.78, 5) is 65.6. The number of likely N-dealkylation sites (N-methyl/N-ethyl adjacent to an activating group) is 1. The van der Waals surface area contributed by atoms with Crippen molar-refractivity contribution < 1.29 is 57.5 Å². The molecule has 1 aromatic carbocycles. The summed E-state index contributed by atoms with van der Waals surface area (Å²) in [5.41, 5.74) is 1.77. The summed E-state index contributed by atoms with van der Waals surface area (Å²) in [6.07, 6.45) is -0.680. The molecule has 7 unspecified atom stereocenters. The number of rotatable bonds is 12. The van der Waals surface area contributed by atoms with Gasteiger partial charge in [0.15, 0.2) is 18.2 Å². The summed E-state index contributed by atoms with van der Waals surface area (Å²) in [7, 11) is 3.49. The van der Waals surface area contributed by atoms with E-state index in [1.165, 1.54) is 19.9 Å². The lowest BCUT2D eigenvalue weighted by molar-refractivity contribution is -0.308. The molecule has 0 radical (unpaired) electrons. The Labute approximate surface area is 325 Å². The van der Waals surface area contributed by atoms with Crippen molar-refractivity contribution in [1.82, 2.24) is 4.90 Å². The lowest BCUT2D eigenvalue weighted by Gasteiger charge is -2.48. The lowest BCUT2D eigenvalue weighted by Crippen LogP contribution is -2.65. The number of aliphatic hydroxyl groups is 1. The van der Waals surface area contributed by atoms with E-state index >= 15 is 0 Å². The third-order valence-electron chi connectivity index (χ3n) is 10.3. The Bertz CT molecular complexity index is 1480. The highest BCUT2D eigenvalue weighted by atomic mass is 16.7. The molecule has 12 atom stereocenters. The fraction of sp³-hybridized carbons (Fsp3) is 0.643. The summed E-state index contributed by atoms with van der Waals surface area (Å²) in [5, 5.41) is 11.7. The number of benzene rings is 1. The van der Waals surface area contributed by atoms with Crippen molar-refractivity contribution in [2.75, 3.05) is 20.7 Å². The quantitative estimate of drug-likeness (QED) is 0.176. The Balaban J connectivity index is 2.01. The number of aliphatic hydroxyl groups excluding tert-OH is 1. The molecule has 2 aliphatic rings. The second-order valence-corrected chi connectivity index (χ2v) is 15.1. The topological polar surface area (TPSA) is 164 Å². The van der Waals surface area contributed by atoms with Crippen LogP contribution in [0.25, 0.3) is 0 Å². The fourth-order valence-corrected chi connectivity index (χ4v) is 7.43. The SMILES string of the molecule is CCC1OC(=O)CC(O)C(C)C(O[C@@H]2O[C@H](C)[C@@H](OC(C)=O)[C@H](N(C)C)[C@H]2OC(C)=O)C(CC=O)CC(C)C(=O)/C=C/C(C)=C/C1COCc1ccccc1. The summed E-state index contributed by atoms with van der Waals surface area (Å²) < 4.78 is 36.4. The van der Waals surface area contributed by atoms with Gasteiger partial charge in [-0.3, -0.25) is 24.1 Å². The molecule has 13 heteroatoms. The highest BCUT2D eigenvalue weighted by Gasteiger charge is 2.51. The predicted molar refractivity (Wildman–Crippen MR) is 203 cm³/mol. The Morgan fingerprint density at radius 1 is 0.982 bits per heavy atom. The zero-order valence-electron chi connectivity index (χ0n) is 33.8. The van der Waals surface area contributed by atoms with E-state index in [2.05, 4.69) is 0 Å². The van der Waals surface area contributed by atoms with Crippen LogP contribution in [-0.2, 0) is 59.0 Å². The van der Waals surface area contributed by atoms with Crippen molar-refractivity contribution in [3.63, 3.8) is 0 Å². The Morgan fingerprint density at radius 3 is 2.24 bits per heavy atom. The van der Waals surface area contributed by atoms with E-state index in [-0.39, 0.29) is 37.6 Å². The molecule has 0 aliphatic carbocycles. The molecule has 55 heavy (non-hydrogen) atoms. The van der Waals surface area contributed by atoms with Crippen molar-refractivity contribution in [2.45, 2.75) is 130 Å². The van der Waals surface area contributed by atoms with Gasteiger partial charge in [0.05, 0.1) is 44.0 Å². The lowest BCUT2D eigenvalue weighted by atomic mass is 9.79. The molecule has 0 bridgehead atoms. The number of hydrogen-bond acceptors (Lipinski definition) is 13. The van der Waals surface area contributed by atoms with Gasteiger partial charge in [-0.05, 0) is 58.3 Å². The third-order valence-corrected chi connectivity index (χ3v) is 10.3. The molecule has 1 N–H and O–H groups in total. The van der Waals surface area contributed by atoms with E-state index in [1.807, 2.05) is 50.3 Å². The van der Waals surface area contributed by atoms with Gasteiger partial charge in [-0.15, -0.1) is 0 Å². The molecule has 0 spiro atoms. The molecular formula is C42H61NO12. The predicted octanol–water partition coefficient (Wildman–Crippen LogP) is 4.77. The highest BCUT2D eigenvalue weighted by Crippen LogP contribution is 2.36. The van der Waals surface area contributed by atoms with Crippen LogP contribution in [0.15, 0.2) is 54.1 Å². The van der Waals surface area contributed by atoms with E-state index in [1.54, 1.807) is 45.8 Å². The van der Waals surface area contributed by atoms with Crippen LogP contribution in [0.2, 0.25) is 0 Å². The standard InChI is InChI=1S/C42H61NO12/c1-10-36-33(24-50-23-31-14-12-11-13-15-31)20-25(2)16-17-34(47)26(3)21-32(18-19-44)39(27(4)35(48)22-37(49)54-36)55-42-41(53-30(7)46)38(43(8)9)40(28(5)51-42)52-29(6)45/h11-17,19-20,26-28,32-33,35-36,38-42,48H,10,18,21-24H2,1-9H3/b17-16+,25-20+/t26?,27?,28-,32?,33?,35?,36?,38+,39?,40-,41-,42+/m1/s1. The summed E-state index contributed by atoms with van der Waals surface area (Å²) in [6.45, 7) is 12.0. The van der Waals surface area contributed by atoms with E-state index < -0.39 is 84.6 Å². The minimum atomic E-state index is -1.31. The average molecular weight is 772 g/mol. The number of aldehydes is 1. The van der Waals surface area contributed by atoms with Crippen LogP contribution in [-0.4, -0.2) is 110 Å². The van der Waals surface area contributed by atoms with Crippen LogP contribution >= 0.6 is 0 Å². The molecular weight excluding hydrogens is 710 g/mol. The van der Waals surface area contributed by atoms with Crippen molar-refractivity contribution in [3.05, 3.63) is 59.7 Å². The van der Waals surface area contributed by atoms with Crippen LogP contribution in [0.1, 0.15) is 79.7 Å². The van der Waals surface area contributed by atoms with E-state index in [9.17, 15) is 29.1 Å². The van der Waals surface area contributed by atoms with Gasteiger partial charge < -0.3 is 38.3 Å².